The summed E-state index contributed by atoms with van der Waals surface area (Å²) in [7, 11) is 3.41. The molecule has 0 spiro atoms. The van der Waals surface area contributed by atoms with Gasteiger partial charge in [-0.05, 0) is 29.8 Å². The first kappa shape index (κ1) is 17.5. The van der Waals surface area contributed by atoms with Gasteiger partial charge in [-0.3, -0.25) is 4.57 Å². The predicted molar refractivity (Wildman–Crippen MR) is 95.2 cm³/mol. The summed E-state index contributed by atoms with van der Waals surface area (Å²) in [6.07, 6.45) is 0. The summed E-state index contributed by atoms with van der Waals surface area (Å²) in [5, 5.41) is 3.26. The summed E-state index contributed by atoms with van der Waals surface area (Å²) in [5.41, 5.74) is 2.76. The van der Waals surface area contributed by atoms with Gasteiger partial charge in [0.05, 0.1) is 0 Å². The molecule has 0 aliphatic carbocycles. The summed E-state index contributed by atoms with van der Waals surface area (Å²) in [4.78, 5) is 2.01. The fourth-order valence-electron chi connectivity index (χ4n) is 2.28. The summed E-state index contributed by atoms with van der Waals surface area (Å²) < 4.78 is 23.4. The highest BCUT2D eigenvalue weighted by Crippen LogP contribution is 2.59. The number of benzene rings is 2. The van der Waals surface area contributed by atoms with Gasteiger partial charge in [-0.15, -0.1) is 0 Å². The summed E-state index contributed by atoms with van der Waals surface area (Å²) in [6, 6.07) is 17.4. The summed E-state index contributed by atoms with van der Waals surface area (Å²) in [5.74, 6) is -0.587. The van der Waals surface area contributed by atoms with Crippen LogP contribution in [0.5, 0.6) is 0 Å². The van der Waals surface area contributed by atoms with Crippen molar-refractivity contribution in [3.05, 3.63) is 60.2 Å². The van der Waals surface area contributed by atoms with Gasteiger partial charge < -0.3 is 19.3 Å². The maximum Gasteiger partial charge on any atom is 0.356 e. The molecule has 0 aliphatic heterocycles. The molecule has 2 rings (SSSR count). The minimum Gasteiger partial charge on any atom is -0.378 e. The van der Waals surface area contributed by atoms with Gasteiger partial charge in [0.1, 0.15) is 0 Å². The number of anilines is 2. The minimum absolute atomic E-state index is 0.587. The van der Waals surface area contributed by atoms with Crippen molar-refractivity contribution in [1.82, 2.24) is 0 Å². The SMILES string of the molecule is COP(=O)(OC)C(Nc1ccccc1)c1ccc(N(C)C)cc1. The Morgan fingerprint density at radius 3 is 2.00 bits per heavy atom. The fraction of sp³-hybridized carbons (Fsp3) is 0.294. The molecule has 124 valence electrons. The molecule has 0 radical (unpaired) electrons. The second-order valence-corrected chi connectivity index (χ2v) is 7.63. The van der Waals surface area contributed by atoms with Gasteiger partial charge in [-0.25, -0.2) is 0 Å². The number of para-hydroxylation sites is 1. The van der Waals surface area contributed by atoms with E-state index in [1.807, 2.05) is 73.6 Å². The van der Waals surface area contributed by atoms with Crippen LogP contribution in [0.15, 0.2) is 54.6 Å². The van der Waals surface area contributed by atoms with E-state index in [2.05, 4.69) is 5.32 Å². The van der Waals surface area contributed by atoms with Gasteiger partial charge in [0, 0.05) is 39.7 Å². The molecule has 1 unspecified atom stereocenters. The Balaban J connectivity index is 2.38. The van der Waals surface area contributed by atoms with E-state index in [1.54, 1.807) is 0 Å². The molecule has 2 aromatic carbocycles. The van der Waals surface area contributed by atoms with E-state index in [9.17, 15) is 4.57 Å². The third-order valence-electron chi connectivity index (χ3n) is 3.63. The molecule has 0 saturated heterocycles. The fourth-order valence-corrected chi connectivity index (χ4v) is 3.69. The van der Waals surface area contributed by atoms with E-state index in [-0.39, 0.29) is 0 Å². The molecule has 23 heavy (non-hydrogen) atoms. The molecule has 0 amide bonds. The molecule has 0 aromatic heterocycles. The van der Waals surface area contributed by atoms with Crippen LogP contribution in [0, 0.1) is 0 Å². The van der Waals surface area contributed by atoms with Crippen LogP contribution in [0.25, 0.3) is 0 Å². The smallest absolute Gasteiger partial charge is 0.356 e. The van der Waals surface area contributed by atoms with Crippen molar-refractivity contribution in [3.63, 3.8) is 0 Å². The minimum atomic E-state index is -3.34. The highest BCUT2D eigenvalue weighted by Gasteiger charge is 2.35. The first-order chi connectivity index (χ1) is 11.0. The van der Waals surface area contributed by atoms with Gasteiger partial charge in [0.2, 0.25) is 0 Å². The molecule has 0 aliphatic rings. The molecule has 5 nitrogen and oxygen atoms in total. The largest absolute Gasteiger partial charge is 0.378 e. The third kappa shape index (κ3) is 4.14. The normalized spacial score (nSPS) is 12.7. The lowest BCUT2D eigenvalue weighted by Gasteiger charge is -2.27. The first-order valence-electron chi connectivity index (χ1n) is 7.30. The van der Waals surface area contributed by atoms with Crippen LogP contribution in [0.2, 0.25) is 0 Å². The molecule has 0 fully saturated rings. The molecule has 1 N–H and O–H groups in total. The van der Waals surface area contributed by atoms with Crippen LogP contribution in [-0.4, -0.2) is 28.3 Å². The van der Waals surface area contributed by atoms with E-state index in [1.165, 1.54) is 14.2 Å². The number of hydrogen-bond donors (Lipinski definition) is 1. The number of rotatable bonds is 7. The van der Waals surface area contributed by atoms with Crippen molar-refractivity contribution in [2.24, 2.45) is 0 Å². The maximum atomic E-state index is 13.0. The van der Waals surface area contributed by atoms with Gasteiger partial charge in [-0.2, -0.15) is 0 Å². The van der Waals surface area contributed by atoms with Crippen molar-refractivity contribution < 1.29 is 13.6 Å². The predicted octanol–water partition coefficient (Wildman–Crippen LogP) is 4.35. The van der Waals surface area contributed by atoms with Gasteiger partial charge >= 0.3 is 7.60 Å². The second kappa shape index (κ2) is 7.64. The Morgan fingerprint density at radius 1 is 0.957 bits per heavy atom. The van der Waals surface area contributed by atoms with Crippen LogP contribution >= 0.6 is 7.60 Å². The van der Waals surface area contributed by atoms with Crippen LogP contribution in [0.3, 0.4) is 0 Å². The molecular weight excluding hydrogens is 311 g/mol. The average Bonchev–Trinajstić information content (AvgIpc) is 2.60. The average molecular weight is 334 g/mol. The first-order valence-corrected chi connectivity index (χ1v) is 8.91. The Bertz CT molecular complexity index is 651. The van der Waals surface area contributed by atoms with Crippen molar-refractivity contribution in [3.8, 4) is 0 Å². The molecule has 0 heterocycles. The monoisotopic (exact) mass is 334 g/mol. The summed E-state index contributed by atoms with van der Waals surface area (Å²) in [6.45, 7) is 0. The topological polar surface area (TPSA) is 50.8 Å². The molecule has 6 heteroatoms. The number of hydrogen-bond acceptors (Lipinski definition) is 5. The van der Waals surface area contributed by atoms with Crippen LogP contribution in [0.4, 0.5) is 11.4 Å². The van der Waals surface area contributed by atoms with E-state index < -0.39 is 13.4 Å². The van der Waals surface area contributed by atoms with E-state index in [0.717, 1.165) is 16.9 Å². The standard InChI is InChI=1S/C17H23N2O3P/c1-19(2)16-12-10-14(11-13-16)17(23(20,21-3)22-4)18-15-8-6-5-7-9-15/h5-13,17-18H,1-4H3. The highest BCUT2D eigenvalue weighted by molar-refractivity contribution is 7.54. The highest BCUT2D eigenvalue weighted by atomic mass is 31.2. The van der Waals surface area contributed by atoms with Crippen molar-refractivity contribution in [1.29, 1.82) is 0 Å². The Morgan fingerprint density at radius 2 is 1.52 bits per heavy atom. The van der Waals surface area contributed by atoms with Crippen molar-refractivity contribution in [2.75, 3.05) is 38.5 Å². The quantitative estimate of drug-likeness (QED) is 0.763. The molecule has 0 saturated carbocycles. The third-order valence-corrected chi connectivity index (χ3v) is 5.71. The lowest BCUT2D eigenvalue weighted by molar-refractivity contribution is 0.268. The second-order valence-electron chi connectivity index (χ2n) is 5.30. The van der Waals surface area contributed by atoms with Crippen LogP contribution in [0.1, 0.15) is 11.3 Å². The van der Waals surface area contributed by atoms with E-state index >= 15 is 0 Å². The molecule has 2 aromatic rings. The molecule has 0 bridgehead atoms. The zero-order chi connectivity index (χ0) is 16.9. The zero-order valence-electron chi connectivity index (χ0n) is 13.9. The molecule has 1 atom stereocenters. The van der Waals surface area contributed by atoms with E-state index in [4.69, 9.17) is 9.05 Å². The zero-order valence-corrected chi connectivity index (χ0v) is 14.8. The van der Waals surface area contributed by atoms with Crippen molar-refractivity contribution in [2.45, 2.75) is 5.78 Å². The van der Waals surface area contributed by atoms with E-state index in [0.29, 0.717) is 0 Å². The van der Waals surface area contributed by atoms with Crippen LogP contribution in [-0.2, 0) is 13.6 Å². The van der Waals surface area contributed by atoms with Gasteiger partial charge in [-0.1, -0.05) is 30.3 Å². The van der Waals surface area contributed by atoms with Crippen LogP contribution < -0.4 is 10.2 Å². The van der Waals surface area contributed by atoms with Gasteiger partial charge in [0.25, 0.3) is 0 Å². The Hall–Kier alpha value is -1.81. The Labute approximate surface area is 137 Å². The lowest BCUT2D eigenvalue weighted by Crippen LogP contribution is -2.14. The number of nitrogens with zero attached hydrogens (tertiary/aromatic N) is 1. The maximum absolute atomic E-state index is 13.0. The van der Waals surface area contributed by atoms with Crippen molar-refractivity contribution >= 4 is 19.0 Å². The number of nitrogens with one attached hydrogen (secondary N) is 1. The summed E-state index contributed by atoms with van der Waals surface area (Å²) >= 11 is 0. The molecular formula is C17H23N2O3P. The van der Waals surface area contributed by atoms with Gasteiger partial charge in [0.15, 0.2) is 5.78 Å². The lowest BCUT2D eigenvalue weighted by atomic mass is 10.2. The Kier molecular flexibility index (Phi) is 5.83.